The van der Waals surface area contributed by atoms with Crippen LogP contribution in [0.2, 0.25) is 0 Å². The van der Waals surface area contributed by atoms with E-state index < -0.39 is 5.82 Å². The molecule has 0 saturated carbocycles. The summed E-state index contributed by atoms with van der Waals surface area (Å²) < 4.78 is 18.8. The minimum atomic E-state index is -0.529. The Morgan fingerprint density at radius 2 is 2.28 bits per heavy atom. The molecule has 0 heterocycles. The van der Waals surface area contributed by atoms with E-state index in [1.54, 1.807) is 0 Å². The Hall–Kier alpha value is -1.86. The molecule has 1 N–H and O–H groups in total. The zero-order valence-electron chi connectivity index (χ0n) is 10.7. The van der Waals surface area contributed by atoms with E-state index in [1.165, 1.54) is 12.1 Å². The third-order valence-electron chi connectivity index (χ3n) is 2.25. The summed E-state index contributed by atoms with van der Waals surface area (Å²) in [4.78, 5) is 0. The second-order valence-electron chi connectivity index (χ2n) is 4.33. The number of hydrogen-bond acceptors (Lipinski definition) is 3. The van der Waals surface area contributed by atoms with Gasteiger partial charge in [-0.05, 0) is 23.8 Å². The lowest BCUT2D eigenvalue weighted by molar-refractivity contribution is 0.328. The molecule has 0 amide bonds. The van der Waals surface area contributed by atoms with Gasteiger partial charge < -0.3 is 10.1 Å². The van der Waals surface area contributed by atoms with E-state index in [0.29, 0.717) is 12.6 Å². The van der Waals surface area contributed by atoms with Crippen molar-refractivity contribution in [3.8, 4) is 11.8 Å². The first kappa shape index (κ1) is 14.2. The lowest BCUT2D eigenvalue weighted by Gasteiger charge is -2.12. The molecule has 1 aromatic rings. The Morgan fingerprint density at radius 1 is 1.56 bits per heavy atom. The first-order chi connectivity index (χ1) is 8.52. The SMILES string of the molecule is C=C(CNC(C)C)COc1ccc(C#N)cc1F. The van der Waals surface area contributed by atoms with Crippen LogP contribution in [0.15, 0.2) is 30.4 Å². The van der Waals surface area contributed by atoms with Gasteiger partial charge in [-0.15, -0.1) is 0 Å². The topological polar surface area (TPSA) is 45.0 Å². The second kappa shape index (κ2) is 6.77. The lowest BCUT2D eigenvalue weighted by Crippen LogP contribution is -2.26. The molecule has 96 valence electrons. The predicted octanol–water partition coefficient (Wildman–Crippen LogP) is 2.63. The highest BCUT2D eigenvalue weighted by Gasteiger charge is 2.05. The standard InChI is InChI=1S/C14H17FN2O/c1-10(2)17-8-11(3)9-18-14-5-4-12(7-16)6-13(14)15/h4-6,10,17H,3,8-9H2,1-2H3. The molecule has 18 heavy (non-hydrogen) atoms. The van der Waals surface area contributed by atoms with E-state index in [9.17, 15) is 4.39 Å². The molecule has 0 fully saturated rings. The maximum Gasteiger partial charge on any atom is 0.166 e. The highest BCUT2D eigenvalue weighted by molar-refractivity contribution is 5.36. The smallest absolute Gasteiger partial charge is 0.166 e. The van der Waals surface area contributed by atoms with Crippen molar-refractivity contribution in [2.24, 2.45) is 0 Å². The van der Waals surface area contributed by atoms with Crippen LogP contribution in [0.5, 0.6) is 5.75 Å². The van der Waals surface area contributed by atoms with Crippen LogP contribution in [-0.2, 0) is 0 Å². The highest BCUT2D eigenvalue weighted by atomic mass is 19.1. The van der Waals surface area contributed by atoms with Crippen molar-refractivity contribution in [2.75, 3.05) is 13.2 Å². The monoisotopic (exact) mass is 248 g/mol. The lowest BCUT2D eigenvalue weighted by atomic mass is 10.2. The van der Waals surface area contributed by atoms with Gasteiger partial charge in [-0.1, -0.05) is 20.4 Å². The number of hydrogen-bond donors (Lipinski definition) is 1. The van der Waals surface area contributed by atoms with E-state index in [-0.39, 0.29) is 17.9 Å². The Bertz CT molecular complexity index is 463. The van der Waals surface area contributed by atoms with Crippen molar-refractivity contribution in [1.29, 1.82) is 5.26 Å². The number of nitriles is 1. The van der Waals surface area contributed by atoms with Gasteiger partial charge in [-0.2, -0.15) is 5.26 Å². The molecule has 0 aromatic heterocycles. The van der Waals surface area contributed by atoms with Gasteiger partial charge in [-0.25, -0.2) is 4.39 Å². The van der Waals surface area contributed by atoms with E-state index in [0.717, 1.165) is 11.6 Å². The average molecular weight is 248 g/mol. The summed E-state index contributed by atoms with van der Waals surface area (Å²) >= 11 is 0. The Kier molecular flexibility index (Phi) is 5.34. The Labute approximate surface area is 107 Å². The van der Waals surface area contributed by atoms with Crippen LogP contribution in [0.4, 0.5) is 4.39 Å². The largest absolute Gasteiger partial charge is 0.486 e. The summed E-state index contributed by atoms with van der Waals surface area (Å²) in [5.74, 6) is -0.390. The summed E-state index contributed by atoms with van der Waals surface area (Å²) in [5, 5.41) is 11.8. The van der Waals surface area contributed by atoms with Gasteiger partial charge in [-0.3, -0.25) is 0 Å². The molecule has 0 aliphatic rings. The molecular weight excluding hydrogens is 231 g/mol. The summed E-state index contributed by atoms with van der Waals surface area (Å²) in [7, 11) is 0. The van der Waals surface area contributed by atoms with E-state index in [2.05, 4.69) is 11.9 Å². The summed E-state index contributed by atoms with van der Waals surface area (Å²) in [6.45, 7) is 8.80. The van der Waals surface area contributed by atoms with Gasteiger partial charge in [0.25, 0.3) is 0 Å². The van der Waals surface area contributed by atoms with Crippen molar-refractivity contribution in [3.05, 3.63) is 41.7 Å². The van der Waals surface area contributed by atoms with Gasteiger partial charge in [0.05, 0.1) is 11.6 Å². The molecule has 0 saturated heterocycles. The second-order valence-corrected chi connectivity index (χ2v) is 4.33. The van der Waals surface area contributed by atoms with Gasteiger partial charge >= 0.3 is 0 Å². The molecule has 0 aliphatic carbocycles. The third kappa shape index (κ3) is 4.56. The number of ether oxygens (including phenoxy) is 1. The van der Waals surface area contributed by atoms with Gasteiger partial charge in [0.1, 0.15) is 6.61 Å². The third-order valence-corrected chi connectivity index (χ3v) is 2.25. The zero-order valence-corrected chi connectivity index (χ0v) is 10.7. The number of nitrogens with zero attached hydrogens (tertiary/aromatic N) is 1. The number of benzene rings is 1. The Balaban J connectivity index is 2.49. The molecule has 4 heteroatoms. The van der Waals surface area contributed by atoms with Crippen LogP contribution in [0.25, 0.3) is 0 Å². The summed E-state index contributed by atoms with van der Waals surface area (Å²) in [6.07, 6.45) is 0. The van der Waals surface area contributed by atoms with Crippen LogP contribution in [0, 0.1) is 17.1 Å². The average Bonchev–Trinajstić information content (AvgIpc) is 2.34. The number of nitrogens with one attached hydrogen (secondary N) is 1. The first-order valence-electron chi connectivity index (χ1n) is 5.75. The quantitative estimate of drug-likeness (QED) is 0.787. The van der Waals surface area contributed by atoms with Crippen molar-refractivity contribution in [3.63, 3.8) is 0 Å². The van der Waals surface area contributed by atoms with Crippen LogP contribution < -0.4 is 10.1 Å². The predicted molar refractivity (Wildman–Crippen MR) is 68.9 cm³/mol. The number of rotatable bonds is 6. The fourth-order valence-electron chi connectivity index (χ4n) is 1.27. The van der Waals surface area contributed by atoms with Gasteiger partial charge in [0.2, 0.25) is 0 Å². The molecule has 1 rings (SSSR count). The van der Waals surface area contributed by atoms with E-state index in [4.69, 9.17) is 10.00 Å². The molecule has 1 aromatic carbocycles. The van der Waals surface area contributed by atoms with Crippen molar-refractivity contribution in [2.45, 2.75) is 19.9 Å². The minimum absolute atomic E-state index is 0.139. The van der Waals surface area contributed by atoms with Crippen LogP contribution in [0.3, 0.4) is 0 Å². The fraction of sp³-hybridized carbons (Fsp3) is 0.357. The van der Waals surface area contributed by atoms with Crippen LogP contribution in [0.1, 0.15) is 19.4 Å². The van der Waals surface area contributed by atoms with E-state index >= 15 is 0 Å². The molecule has 0 bridgehead atoms. The molecule has 0 unspecified atom stereocenters. The molecule has 0 radical (unpaired) electrons. The van der Waals surface area contributed by atoms with Crippen molar-refractivity contribution < 1.29 is 9.13 Å². The first-order valence-corrected chi connectivity index (χ1v) is 5.75. The van der Waals surface area contributed by atoms with Gasteiger partial charge in [0.15, 0.2) is 11.6 Å². The Morgan fingerprint density at radius 3 is 2.83 bits per heavy atom. The highest BCUT2D eigenvalue weighted by Crippen LogP contribution is 2.18. The summed E-state index contributed by atoms with van der Waals surface area (Å²) in [6, 6.07) is 6.37. The normalized spacial score (nSPS) is 10.2. The van der Waals surface area contributed by atoms with Crippen LogP contribution in [-0.4, -0.2) is 19.2 Å². The fourth-order valence-corrected chi connectivity index (χ4v) is 1.27. The molecule has 0 spiro atoms. The van der Waals surface area contributed by atoms with Crippen LogP contribution >= 0.6 is 0 Å². The molecular formula is C14H17FN2O. The van der Waals surface area contributed by atoms with Gasteiger partial charge in [0, 0.05) is 12.6 Å². The number of halogens is 1. The van der Waals surface area contributed by atoms with E-state index in [1.807, 2.05) is 19.9 Å². The maximum absolute atomic E-state index is 13.5. The van der Waals surface area contributed by atoms with Crippen molar-refractivity contribution in [1.82, 2.24) is 5.32 Å². The molecule has 0 aliphatic heterocycles. The maximum atomic E-state index is 13.5. The minimum Gasteiger partial charge on any atom is -0.486 e. The molecule has 3 nitrogen and oxygen atoms in total. The molecule has 0 atom stereocenters. The summed E-state index contributed by atoms with van der Waals surface area (Å²) in [5.41, 5.74) is 1.12. The van der Waals surface area contributed by atoms with Crippen molar-refractivity contribution >= 4 is 0 Å². The zero-order chi connectivity index (χ0) is 13.5.